The smallest absolute Gasteiger partial charge is 0.328 e. The summed E-state index contributed by atoms with van der Waals surface area (Å²) in [6, 6.07) is 6.93. The van der Waals surface area contributed by atoms with Gasteiger partial charge in [-0.1, -0.05) is 12.1 Å². The summed E-state index contributed by atoms with van der Waals surface area (Å²) in [5, 5.41) is -0.476. The van der Waals surface area contributed by atoms with E-state index >= 15 is 0 Å². The van der Waals surface area contributed by atoms with Crippen LogP contribution in [-0.4, -0.2) is 13.0 Å². The Hall–Kier alpha value is -1.66. The lowest BCUT2D eigenvalue weighted by atomic mass is 10.2. The van der Waals surface area contributed by atoms with Gasteiger partial charge >= 0.3 is 10.1 Å². The summed E-state index contributed by atoms with van der Waals surface area (Å²) >= 11 is 0. The summed E-state index contributed by atoms with van der Waals surface area (Å²) in [5.41, 5.74) is -0.387. The lowest BCUT2D eigenvalue weighted by Gasteiger charge is -1.98. The zero-order valence-electron chi connectivity index (χ0n) is 7.38. The molecule has 0 saturated carbocycles. The predicted molar refractivity (Wildman–Crippen MR) is 52.3 cm³/mol. The molecule has 0 saturated heterocycles. The molecule has 0 aliphatic carbocycles. The van der Waals surface area contributed by atoms with Crippen molar-refractivity contribution in [3.8, 4) is 0 Å². The van der Waals surface area contributed by atoms with Gasteiger partial charge in [-0.3, -0.25) is 9.35 Å². The number of hydrogen-bond donors (Lipinski definition) is 1. The normalized spacial score (nSPS) is 11.8. The second kappa shape index (κ2) is 3.18. The highest BCUT2D eigenvalue weighted by Gasteiger charge is 2.15. The molecule has 0 spiro atoms. The Morgan fingerprint density at radius 3 is 2.53 bits per heavy atom. The van der Waals surface area contributed by atoms with Crippen molar-refractivity contribution < 1.29 is 17.4 Å². The van der Waals surface area contributed by atoms with Gasteiger partial charge in [-0.2, -0.15) is 8.42 Å². The topological polar surface area (TPSA) is 84.6 Å². The average Bonchev–Trinajstić information content (AvgIpc) is 2.16. The minimum absolute atomic E-state index is 0.123. The highest BCUT2D eigenvalue weighted by molar-refractivity contribution is 7.85. The van der Waals surface area contributed by atoms with E-state index in [9.17, 15) is 13.2 Å². The monoisotopic (exact) mass is 226 g/mol. The third-order valence-corrected chi connectivity index (χ3v) is 2.58. The summed E-state index contributed by atoms with van der Waals surface area (Å²) < 4.78 is 35.1. The second-order valence-corrected chi connectivity index (χ2v) is 4.25. The summed E-state index contributed by atoms with van der Waals surface area (Å²) in [7, 11) is -4.48. The van der Waals surface area contributed by atoms with Crippen LogP contribution in [0.5, 0.6) is 0 Å². The van der Waals surface area contributed by atoms with Crippen molar-refractivity contribution in [1.29, 1.82) is 0 Å². The SMILES string of the molecule is O=c1cc(S(=O)(=O)O)oc2ccccc12. The van der Waals surface area contributed by atoms with E-state index in [2.05, 4.69) is 0 Å². The van der Waals surface area contributed by atoms with Gasteiger partial charge < -0.3 is 4.42 Å². The van der Waals surface area contributed by atoms with Crippen molar-refractivity contribution >= 4 is 21.1 Å². The van der Waals surface area contributed by atoms with Crippen molar-refractivity contribution in [2.24, 2.45) is 0 Å². The Morgan fingerprint density at radius 1 is 1.20 bits per heavy atom. The van der Waals surface area contributed by atoms with Crippen LogP contribution in [0.2, 0.25) is 0 Å². The zero-order valence-corrected chi connectivity index (χ0v) is 8.19. The average molecular weight is 226 g/mol. The van der Waals surface area contributed by atoms with Crippen molar-refractivity contribution in [1.82, 2.24) is 0 Å². The van der Waals surface area contributed by atoms with Crippen LogP contribution in [0.1, 0.15) is 0 Å². The van der Waals surface area contributed by atoms with Gasteiger partial charge in [0.15, 0.2) is 5.43 Å². The predicted octanol–water partition coefficient (Wildman–Crippen LogP) is 1.04. The maximum absolute atomic E-state index is 11.4. The first-order valence-electron chi connectivity index (χ1n) is 3.99. The Kier molecular flexibility index (Phi) is 2.09. The molecule has 1 heterocycles. The lowest BCUT2D eigenvalue weighted by Crippen LogP contribution is -2.06. The molecule has 1 aromatic heterocycles. The van der Waals surface area contributed by atoms with Gasteiger partial charge in [0.1, 0.15) is 5.58 Å². The quantitative estimate of drug-likeness (QED) is 0.734. The number of benzene rings is 1. The van der Waals surface area contributed by atoms with Gasteiger partial charge in [0.25, 0.3) is 0 Å². The Morgan fingerprint density at radius 2 is 1.87 bits per heavy atom. The minimum atomic E-state index is -4.48. The molecule has 5 nitrogen and oxygen atoms in total. The van der Waals surface area contributed by atoms with E-state index in [0.717, 1.165) is 6.07 Å². The molecule has 0 unspecified atom stereocenters. The number of rotatable bonds is 1. The molecule has 0 amide bonds. The second-order valence-electron chi connectivity index (χ2n) is 2.90. The molecule has 2 aromatic rings. The number of hydrogen-bond acceptors (Lipinski definition) is 4. The maximum atomic E-state index is 11.4. The van der Waals surface area contributed by atoms with Crippen molar-refractivity contribution in [3.63, 3.8) is 0 Å². The summed E-state index contributed by atoms with van der Waals surface area (Å²) in [6.45, 7) is 0. The molecule has 1 aromatic carbocycles. The molecule has 0 aliphatic heterocycles. The van der Waals surface area contributed by atoms with Gasteiger partial charge in [-0.05, 0) is 12.1 Å². The van der Waals surface area contributed by atoms with E-state index in [-0.39, 0.29) is 11.0 Å². The fourth-order valence-corrected chi connectivity index (χ4v) is 1.66. The van der Waals surface area contributed by atoms with E-state index in [1.165, 1.54) is 12.1 Å². The largest absolute Gasteiger partial charge is 0.442 e. The van der Waals surface area contributed by atoms with E-state index < -0.39 is 20.6 Å². The zero-order chi connectivity index (χ0) is 11.1. The van der Waals surface area contributed by atoms with E-state index in [4.69, 9.17) is 8.97 Å². The Bertz CT molecular complexity index is 668. The van der Waals surface area contributed by atoms with Crippen LogP contribution in [0.4, 0.5) is 0 Å². The highest BCUT2D eigenvalue weighted by atomic mass is 32.2. The molecule has 0 aliphatic rings. The molecule has 2 rings (SSSR count). The van der Waals surface area contributed by atoms with Crippen LogP contribution in [0.25, 0.3) is 11.0 Å². The molecule has 0 atom stereocenters. The van der Waals surface area contributed by atoms with Gasteiger partial charge in [-0.25, -0.2) is 0 Å². The van der Waals surface area contributed by atoms with Crippen LogP contribution >= 0.6 is 0 Å². The molecule has 0 fully saturated rings. The molecule has 78 valence electrons. The fraction of sp³-hybridized carbons (Fsp3) is 0. The lowest BCUT2D eigenvalue weighted by molar-refractivity contribution is 0.417. The molecule has 1 N–H and O–H groups in total. The van der Waals surface area contributed by atoms with Crippen LogP contribution in [0.3, 0.4) is 0 Å². The first-order chi connectivity index (χ1) is 6.98. The molecule has 0 bridgehead atoms. The molecular weight excluding hydrogens is 220 g/mol. The molecule has 0 radical (unpaired) electrons. The van der Waals surface area contributed by atoms with E-state index in [1.807, 2.05) is 0 Å². The first-order valence-corrected chi connectivity index (χ1v) is 5.43. The molecule has 15 heavy (non-hydrogen) atoms. The van der Waals surface area contributed by atoms with Crippen molar-refractivity contribution in [2.45, 2.75) is 5.09 Å². The Balaban J connectivity index is 2.91. The molecular formula is C9H6O5S. The van der Waals surface area contributed by atoms with Crippen LogP contribution < -0.4 is 5.43 Å². The van der Waals surface area contributed by atoms with Gasteiger partial charge in [0.2, 0.25) is 5.09 Å². The van der Waals surface area contributed by atoms with Gasteiger partial charge in [-0.15, -0.1) is 0 Å². The van der Waals surface area contributed by atoms with E-state index in [0.29, 0.717) is 0 Å². The highest BCUT2D eigenvalue weighted by Crippen LogP contribution is 2.14. The standard InChI is InChI=1S/C9H6O5S/c10-7-5-9(15(11,12)13)14-8-4-2-1-3-6(7)8/h1-5H,(H,11,12,13). The number of fused-ring (bicyclic) bond motifs is 1. The van der Waals surface area contributed by atoms with Crippen molar-refractivity contribution in [2.75, 3.05) is 0 Å². The fourth-order valence-electron chi connectivity index (χ4n) is 1.21. The van der Waals surface area contributed by atoms with Gasteiger partial charge in [0.05, 0.1) is 5.39 Å². The van der Waals surface area contributed by atoms with Crippen LogP contribution in [-0.2, 0) is 10.1 Å². The first kappa shape index (κ1) is 9.88. The Labute approximate surface area is 84.7 Å². The third-order valence-electron chi connectivity index (χ3n) is 1.87. The summed E-state index contributed by atoms with van der Waals surface area (Å²) in [5.74, 6) is 0. The van der Waals surface area contributed by atoms with Crippen LogP contribution in [0, 0.1) is 0 Å². The minimum Gasteiger partial charge on any atom is -0.442 e. The third kappa shape index (κ3) is 1.77. The van der Waals surface area contributed by atoms with E-state index in [1.54, 1.807) is 12.1 Å². The van der Waals surface area contributed by atoms with Crippen LogP contribution in [0.15, 0.2) is 44.6 Å². The summed E-state index contributed by atoms with van der Waals surface area (Å²) in [4.78, 5) is 11.4. The number of para-hydroxylation sites is 1. The van der Waals surface area contributed by atoms with Gasteiger partial charge in [0, 0.05) is 6.07 Å². The molecule has 6 heteroatoms. The maximum Gasteiger partial charge on any atom is 0.328 e. The van der Waals surface area contributed by atoms with Crippen molar-refractivity contribution in [3.05, 3.63) is 40.6 Å². The summed E-state index contributed by atoms with van der Waals surface area (Å²) in [6.07, 6.45) is 0.